The number of nitrogens with zero attached hydrogens (tertiary/aromatic N) is 5. The van der Waals surface area contributed by atoms with Crippen LogP contribution in [-0.2, 0) is 0 Å². The first-order chi connectivity index (χ1) is 13.1. The fraction of sp³-hybridized carbons (Fsp3) is 0.368. The maximum Gasteiger partial charge on any atom is 0.327 e. The predicted octanol–water partition coefficient (Wildman–Crippen LogP) is 3.32. The second-order valence-corrected chi connectivity index (χ2v) is 7.36. The Hall–Kier alpha value is -3.03. The van der Waals surface area contributed by atoms with Gasteiger partial charge in [0.2, 0.25) is 0 Å². The molecule has 4 aromatic heterocycles. The summed E-state index contributed by atoms with van der Waals surface area (Å²) in [5.74, 6) is 0.746. The summed E-state index contributed by atoms with van der Waals surface area (Å²) in [4.78, 5) is 28.7. The molecule has 8 heteroatoms. The van der Waals surface area contributed by atoms with Crippen LogP contribution in [0.25, 0.3) is 28.3 Å². The summed E-state index contributed by atoms with van der Waals surface area (Å²) >= 11 is 0. The van der Waals surface area contributed by atoms with Gasteiger partial charge < -0.3 is 4.98 Å². The van der Waals surface area contributed by atoms with Gasteiger partial charge in [-0.3, -0.25) is 8.97 Å². The molecule has 0 spiro atoms. The van der Waals surface area contributed by atoms with E-state index < -0.39 is 0 Å². The van der Waals surface area contributed by atoms with Crippen molar-refractivity contribution in [2.45, 2.75) is 38.6 Å². The van der Waals surface area contributed by atoms with Crippen LogP contribution in [0.4, 0.5) is 4.39 Å². The summed E-state index contributed by atoms with van der Waals surface area (Å²) in [5.41, 5.74) is 2.25. The normalized spacial score (nSPS) is 20.5. The highest BCUT2D eigenvalue weighted by Crippen LogP contribution is 2.32. The van der Waals surface area contributed by atoms with Gasteiger partial charge in [0.05, 0.1) is 12.4 Å². The molecular formula is C19H19FN6O. The molecule has 1 fully saturated rings. The first-order valence-corrected chi connectivity index (χ1v) is 9.20. The number of imidazole rings is 2. The second kappa shape index (κ2) is 6.00. The zero-order valence-electron chi connectivity index (χ0n) is 14.9. The SMILES string of the molecule is CC1CCC(n2c(=O)[nH]c3cnc(-c4cnc5ccc(F)cn45)nc32)CC1. The van der Waals surface area contributed by atoms with E-state index in [0.29, 0.717) is 34.2 Å². The summed E-state index contributed by atoms with van der Waals surface area (Å²) in [6.45, 7) is 2.25. The Morgan fingerprint density at radius 3 is 2.78 bits per heavy atom. The molecule has 1 saturated carbocycles. The summed E-state index contributed by atoms with van der Waals surface area (Å²) < 4.78 is 17.0. The topological polar surface area (TPSA) is 80.9 Å². The number of aromatic amines is 1. The summed E-state index contributed by atoms with van der Waals surface area (Å²) in [6, 6.07) is 3.11. The third kappa shape index (κ3) is 2.63. The van der Waals surface area contributed by atoms with E-state index >= 15 is 0 Å². The van der Waals surface area contributed by atoms with Crippen LogP contribution in [0.3, 0.4) is 0 Å². The van der Waals surface area contributed by atoms with Gasteiger partial charge in [0.25, 0.3) is 0 Å². The van der Waals surface area contributed by atoms with Gasteiger partial charge in [-0.25, -0.2) is 24.1 Å². The predicted molar refractivity (Wildman–Crippen MR) is 99.0 cm³/mol. The molecule has 7 nitrogen and oxygen atoms in total. The molecule has 0 saturated heterocycles. The maximum absolute atomic E-state index is 13.7. The molecule has 0 atom stereocenters. The highest BCUT2D eigenvalue weighted by atomic mass is 19.1. The minimum absolute atomic E-state index is 0.143. The molecule has 0 bridgehead atoms. The number of hydrogen-bond donors (Lipinski definition) is 1. The van der Waals surface area contributed by atoms with Gasteiger partial charge in [0.15, 0.2) is 11.5 Å². The Morgan fingerprint density at radius 2 is 1.96 bits per heavy atom. The quantitative estimate of drug-likeness (QED) is 0.590. The Morgan fingerprint density at radius 1 is 1.15 bits per heavy atom. The number of H-pyrrole nitrogens is 1. The third-order valence-electron chi connectivity index (χ3n) is 5.51. The van der Waals surface area contributed by atoms with Gasteiger partial charge in [-0.05, 0) is 43.7 Å². The lowest BCUT2D eigenvalue weighted by molar-refractivity contribution is 0.289. The standard InChI is InChI=1S/C19H19FN6O/c1-11-2-5-13(6-3-11)26-18-14(23-19(26)27)8-22-17(24-18)15-9-21-16-7-4-12(20)10-25(15)16/h4,7-11,13H,2-3,5-6H2,1H3,(H,23,27). The van der Waals surface area contributed by atoms with Crippen LogP contribution in [0.5, 0.6) is 0 Å². The molecule has 5 rings (SSSR count). The van der Waals surface area contributed by atoms with Crippen LogP contribution in [0.15, 0.2) is 35.5 Å². The van der Waals surface area contributed by atoms with Crippen molar-refractivity contribution in [2.75, 3.05) is 0 Å². The number of nitrogens with one attached hydrogen (secondary N) is 1. The maximum atomic E-state index is 13.7. The van der Waals surface area contributed by atoms with Crippen LogP contribution in [0.2, 0.25) is 0 Å². The summed E-state index contributed by atoms with van der Waals surface area (Å²) in [6.07, 6.45) is 8.73. The van der Waals surface area contributed by atoms with E-state index in [-0.39, 0.29) is 17.5 Å². The Kier molecular flexibility index (Phi) is 3.60. The van der Waals surface area contributed by atoms with Gasteiger partial charge in [-0.1, -0.05) is 6.92 Å². The lowest BCUT2D eigenvalue weighted by Crippen LogP contribution is -2.26. The molecule has 0 amide bonds. The van der Waals surface area contributed by atoms with Crippen LogP contribution in [0.1, 0.15) is 38.6 Å². The second-order valence-electron chi connectivity index (χ2n) is 7.36. The van der Waals surface area contributed by atoms with E-state index in [1.165, 1.54) is 12.3 Å². The van der Waals surface area contributed by atoms with E-state index in [1.54, 1.807) is 27.4 Å². The average Bonchev–Trinajstić information content (AvgIpc) is 3.22. The van der Waals surface area contributed by atoms with E-state index in [4.69, 9.17) is 0 Å². The smallest absolute Gasteiger partial charge is 0.303 e. The van der Waals surface area contributed by atoms with Gasteiger partial charge in [0.1, 0.15) is 22.7 Å². The lowest BCUT2D eigenvalue weighted by Gasteiger charge is -2.26. The van der Waals surface area contributed by atoms with Gasteiger partial charge in [0, 0.05) is 12.2 Å². The molecule has 0 aliphatic heterocycles. The summed E-state index contributed by atoms with van der Waals surface area (Å²) in [7, 11) is 0. The minimum Gasteiger partial charge on any atom is -0.303 e. The number of aromatic nitrogens is 6. The highest BCUT2D eigenvalue weighted by molar-refractivity contribution is 5.72. The number of fused-ring (bicyclic) bond motifs is 2. The number of halogens is 1. The van der Waals surface area contributed by atoms with E-state index in [0.717, 1.165) is 25.7 Å². The average molecular weight is 366 g/mol. The molecule has 27 heavy (non-hydrogen) atoms. The summed E-state index contributed by atoms with van der Waals surface area (Å²) in [5, 5.41) is 0. The first-order valence-electron chi connectivity index (χ1n) is 9.20. The van der Waals surface area contributed by atoms with Crippen molar-refractivity contribution in [3.8, 4) is 11.5 Å². The van der Waals surface area contributed by atoms with Crippen LogP contribution in [0, 0.1) is 11.7 Å². The third-order valence-corrected chi connectivity index (χ3v) is 5.51. The molecule has 0 radical (unpaired) electrons. The van der Waals surface area contributed by atoms with Crippen molar-refractivity contribution < 1.29 is 4.39 Å². The molecule has 1 aliphatic carbocycles. The molecule has 1 N–H and O–H groups in total. The van der Waals surface area contributed by atoms with Crippen molar-refractivity contribution in [2.24, 2.45) is 5.92 Å². The zero-order chi connectivity index (χ0) is 18.5. The van der Waals surface area contributed by atoms with Gasteiger partial charge >= 0.3 is 5.69 Å². The zero-order valence-corrected chi connectivity index (χ0v) is 14.9. The van der Waals surface area contributed by atoms with Crippen molar-refractivity contribution in [3.05, 3.63) is 47.0 Å². The van der Waals surface area contributed by atoms with Crippen molar-refractivity contribution >= 4 is 16.8 Å². The van der Waals surface area contributed by atoms with Crippen LogP contribution >= 0.6 is 0 Å². The monoisotopic (exact) mass is 366 g/mol. The molecule has 1 aliphatic rings. The largest absolute Gasteiger partial charge is 0.327 e. The van der Waals surface area contributed by atoms with E-state index in [1.807, 2.05) is 0 Å². The Bertz CT molecular complexity index is 1200. The number of pyridine rings is 1. The molecule has 0 aromatic carbocycles. The van der Waals surface area contributed by atoms with Crippen molar-refractivity contribution in [1.82, 2.24) is 28.9 Å². The molecule has 4 aromatic rings. The molecule has 4 heterocycles. The van der Waals surface area contributed by atoms with E-state index in [2.05, 4.69) is 26.9 Å². The first kappa shape index (κ1) is 16.2. The Labute approximate surface area is 153 Å². The minimum atomic E-state index is -0.363. The van der Waals surface area contributed by atoms with Crippen molar-refractivity contribution in [3.63, 3.8) is 0 Å². The van der Waals surface area contributed by atoms with E-state index in [9.17, 15) is 9.18 Å². The van der Waals surface area contributed by atoms with Gasteiger partial charge in [-0.2, -0.15) is 0 Å². The van der Waals surface area contributed by atoms with Gasteiger partial charge in [-0.15, -0.1) is 0 Å². The lowest BCUT2D eigenvalue weighted by atomic mass is 9.87. The van der Waals surface area contributed by atoms with Crippen LogP contribution in [-0.4, -0.2) is 28.9 Å². The Balaban J connectivity index is 1.65. The molecule has 138 valence electrons. The highest BCUT2D eigenvalue weighted by Gasteiger charge is 2.24. The fourth-order valence-electron chi connectivity index (χ4n) is 4.00. The molecule has 0 unspecified atom stereocenters. The molecular weight excluding hydrogens is 347 g/mol. The van der Waals surface area contributed by atoms with Crippen LogP contribution < -0.4 is 5.69 Å². The van der Waals surface area contributed by atoms with Crippen molar-refractivity contribution in [1.29, 1.82) is 0 Å². The number of rotatable bonds is 2. The fourth-order valence-corrected chi connectivity index (χ4v) is 4.00. The number of hydrogen-bond acceptors (Lipinski definition) is 4.